The summed E-state index contributed by atoms with van der Waals surface area (Å²) >= 11 is 0. The van der Waals surface area contributed by atoms with Crippen molar-refractivity contribution in [3.05, 3.63) is 59.8 Å². The minimum atomic E-state index is 0.0771. The molecule has 0 radical (unpaired) electrons. The van der Waals surface area contributed by atoms with Crippen molar-refractivity contribution in [3.63, 3.8) is 0 Å². The molecule has 1 aliphatic heterocycles. The number of ether oxygens (including phenoxy) is 1. The van der Waals surface area contributed by atoms with Gasteiger partial charge in [-0.05, 0) is 48.9 Å². The lowest BCUT2D eigenvalue weighted by atomic mass is 10.2. The highest BCUT2D eigenvalue weighted by Crippen LogP contribution is 2.22. The van der Waals surface area contributed by atoms with Gasteiger partial charge in [-0.1, -0.05) is 12.1 Å². The molecule has 0 spiro atoms. The Morgan fingerprint density at radius 1 is 1.00 bits per heavy atom. The molecule has 26 heavy (non-hydrogen) atoms. The molecule has 134 valence electrons. The first-order valence-electron chi connectivity index (χ1n) is 8.92. The molecule has 0 bridgehead atoms. The lowest BCUT2D eigenvalue weighted by Crippen LogP contribution is -2.48. The van der Waals surface area contributed by atoms with Gasteiger partial charge in [-0.2, -0.15) is 0 Å². The zero-order valence-corrected chi connectivity index (χ0v) is 15.2. The fourth-order valence-corrected chi connectivity index (χ4v) is 3.49. The summed E-state index contributed by atoms with van der Waals surface area (Å²) in [4.78, 5) is 20.3. The number of methoxy groups -OCH3 is 1. The van der Waals surface area contributed by atoms with Crippen molar-refractivity contribution in [1.29, 1.82) is 0 Å². The molecule has 0 unspecified atom stereocenters. The van der Waals surface area contributed by atoms with Crippen LogP contribution in [0.3, 0.4) is 0 Å². The van der Waals surface area contributed by atoms with E-state index in [1.165, 1.54) is 11.3 Å². The van der Waals surface area contributed by atoms with Crippen LogP contribution in [-0.2, 0) is 0 Å². The average Bonchev–Trinajstić information content (AvgIpc) is 3.11. The van der Waals surface area contributed by atoms with E-state index in [2.05, 4.69) is 47.1 Å². The molecule has 3 aromatic rings. The fourth-order valence-electron chi connectivity index (χ4n) is 3.49. The number of aryl methyl sites for hydroxylation is 1. The number of carbonyl (C=O) groups excluding carboxylic acids is 1. The van der Waals surface area contributed by atoms with Gasteiger partial charge in [0.2, 0.25) is 0 Å². The first kappa shape index (κ1) is 16.5. The highest BCUT2D eigenvalue weighted by Gasteiger charge is 2.23. The summed E-state index contributed by atoms with van der Waals surface area (Å²) in [6, 6.07) is 16.2. The molecule has 1 fully saturated rings. The molecule has 0 atom stereocenters. The number of hydrogen-bond donors (Lipinski definition) is 1. The minimum absolute atomic E-state index is 0.0771. The second-order valence-electron chi connectivity index (χ2n) is 6.75. The molecule has 1 aromatic heterocycles. The van der Waals surface area contributed by atoms with E-state index in [1.807, 2.05) is 23.1 Å². The van der Waals surface area contributed by atoms with E-state index in [1.54, 1.807) is 7.11 Å². The molecule has 0 saturated carbocycles. The van der Waals surface area contributed by atoms with Gasteiger partial charge in [0, 0.05) is 42.8 Å². The number of nitrogens with one attached hydrogen (secondary N) is 1. The number of rotatable bonds is 3. The molecule has 4 rings (SSSR count). The third-order valence-electron chi connectivity index (χ3n) is 5.01. The van der Waals surface area contributed by atoms with Gasteiger partial charge >= 0.3 is 0 Å². The molecule has 5 heteroatoms. The monoisotopic (exact) mass is 349 g/mol. The number of nitrogens with zero attached hydrogens (tertiary/aromatic N) is 2. The van der Waals surface area contributed by atoms with Crippen LogP contribution in [0.15, 0.2) is 48.5 Å². The van der Waals surface area contributed by atoms with E-state index in [0.29, 0.717) is 5.69 Å². The van der Waals surface area contributed by atoms with Gasteiger partial charge in [0.1, 0.15) is 11.4 Å². The highest BCUT2D eigenvalue weighted by molar-refractivity contribution is 5.98. The largest absolute Gasteiger partial charge is 0.497 e. The van der Waals surface area contributed by atoms with Crippen molar-refractivity contribution in [2.45, 2.75) is 6.92 Å². The van der Waals surface area contributed by atoms with Gasteiger partial charge in [-0.25, -0.2) is 0 Å². The molecular formula is C21H23N3O2. The van der Waals surface area contributed by atoms with Crippen molar-refractivity contribution in [1.82, 2.24) is 9.88 Å². The van der Waals surface area contributed by atoms with Gasteiger partial charge in [-0.15, -0.1) is 0 Å². The third kappa shape index (κ3) is 3.12. The number of hydrogen-bond acceptors (Lipinski definition) is 3. The van der Waals surface area contributed by atoms with E-state index < -0.39 is 0 Å². The van der Waals surface area contributed by atoms with Crippen LogP contribution in [0.5, 0.6) is 5.75 Å². The van der Waals surface area contributed by atoms with Crippen LogP contribution in [-0.4, -0.2) is 49.1 Å². The van der Waals surface area contributed by atoms with Crippen LogP contribution < -0.4 is 9.64 Å². The Hall–Kier alpha value is -2.95. The summed E-state index contributed by atoms with van der Waals surface area (Å²) < 4.78 is 5.21. The van der Waals surface area contributed by atoms with Crippen molar-refractivity contribution >= 4 is 22.5 Å². The normalized spacial score (nSPS) is 14.7. The van der Waals surface area contributed by atoms with Crippen LogP contribution in [0.1, 0.15) is 16.1 Å². The second kappa shape index (κ2) is 6.75. The van der Waals surface area contributed by atoms with Crippen LogP contribution in [0.2, 0.25) is 0 Å². The Bertz CT molecular complexity index is 922. The maximum atomic E-state index is 12.8. The SMILES string of the molecule is COc1ccc(N2CCN(C(=O)c3cc4ccc(C)cc4[nH]3)CC2)cc1. The summed E-state index contributed by atoms with van der Waals surface area (Å²) in [6.45, 7) is 5.16. The Labute approximate surface area is 153 Å². The van der Waals surface area contributed by atoms with Crippen LogP contribution in [0.4, 0.5) is 5.69 Å². The molecule has 0 aliphatic carbocycles. The van der Waals surface area contributed by atoms with E-state index in [-0.39, 0.29) is 5.91 Å². The first-order chi connectivity index (χ1) is 12.6. The van der Waals surface area contributed by atoms with Gasteiger partial charge in [-0.3, -0.25) is 4.79 Å². The number of aromatic amines is 1. The number of benzene rings is 2. The van der Waals surface area contributed by atoms with E-state index in [4.69, 9.17) is 4.74 Å². The lowest BCUT2D eigenvalue weighted by Gasteiger charge is -2.36. The number of aromatic nitrogens is 1. The third-order valence-corrected chi connectivity index (χ3v) is 5.01. The average molecular weight is 349 g/mol. The number of H-pyrrole nitrogens is 1. The van der Waals surface area contributed by atoms with Gasteiger partial charge in [0.25, 0.3) is 5.91 Å². The number of fused-ring (bicyclic) bond motifs is 1. The van der Waals surface area contributed by atoms with Crippen molar-refractivity contribution < 1.29 is 9.53 Å². The van der Waals surface area contributed by atoms with Gasteiger partial charge in [0.15, 0.2) is 0 Å². The Kier molecular flexibility index (Phi) is 4.29. The number of carbonyl (C=O) groups is 1. The number of amides is 1. The standard InChI is InChI=1S/C21H23N3O2/c1-15-3-4-16-14-20(22-19(16)13-15)21(25)24-11-9-23(10-12-24)17-5-7-18(26-2)8-6-17/h3-8,13-14,22H,9-12H2,1-2H3. The number of piperazine rings is 1. The summed E-state index contributed by atoms with van der Waals surface area (Å²) in [5.74, 6) is 0.935. The molecule has 1 N–H and O–H groups in total. The van der Waals surface area contributed by atoms with Crippen molar-refractivity contribution in [2.75, 3.05) is 38.2 Å². The van der Waals surface area contributed by atoms with E-state index >= 15 is 0 Å². The summed E-state index contributed by atoms with van der Waals surface area (Å²) in [7, 11) is 1.67. The highest BCUT2D eigenvalue weighted by atomic mass is 16.5. The first-order valence-corrected chi connectivity index (χ1v) is 8.92. The minimum Gasteiger partial charge on any atom is -0.497 e. The zero-order chi connectivity index (χ0) is 18.1. The van der Waals surface area contributed by atoms with Crippen LogP contribution in [0, 0.1) is 6.92 Å². The van der Waals surface area contributed by atoms with Crippen LogP contribution in [0.25, 0.3) is 10.9 Å². The molecule has 2 heterocycles. The topological polar surface area (TPSA) is 48.6 Å². The molecule has 1 saturated heterocycles. The summed E-state index contributed by atoms with van der Waals surface area (Å²) in [5.41, 5.74) is 4.04. The Morgan fingerprint density at radius 2 is 1.73 bits per heavy atom. The molecule has 1 amide bonds. The maximum Gasteiger partial charge on any atom is 0.270 e. The van der Waals surface area contributed by atoms with Crippen molar-refractivity contribution in [2.24, 2.45) is 0 Å². The molecule has 1 aliphatic rings. The molecule has 2 aromatic carbocycles. The maximum absolute atomic E-state index is 12.8. The summed E-state index contributed by atoms with van der Waals surface area (Å²) in [5, 5.41) is 1.08. The summed E-state index contributed by atoms with van der Waals surface area (Å²) in [6.07, 6.45) is 0. The Morgan fingerprint density at radius 3 is 2.42 bits per heavy atom. The smallest absolute Gasteiger partial charge is 0.270 e. The molecule has 5 nitrogen and oxygen atoms in total. The van der Waals surface area contributed by atoms with Crippen molar-refractivity contribution in [3.8, 4) is 5.75 Å². The van der Waals surface area contributed by atoms with Gasteiger partial charge < -0.3 is 19.5 Å². The van der Waals surface area contributed by atoms with E-state index in [9.17, 15) is 4.79 Å². The number of anilines is 1. The van der Waals surface area contributed by atoms with Gasteiger partial charge in [0.05, 0.1) is 7.11 Å². The zero-order valence-electron chi connectivity index (χ0n) is 15.2. The van der Waals surface area contributed by atoms with Crippen LogP contribution >= 0.6 is 0 Å². The Balaban J connectivity index is 1.43. The van der Waals surface area contributed by atoms with E-state index in [0.717, 1.165) is 42.8 Å². The fraction of sp³-hybridized carbons (Fsp3) is 0.286. The second-order valence-corrected chi connectivity index (χ2v) is 6.75. The molecular weight excluding hydrogens is 326 g/mol. The predicted molar refractivity (Wildman–Crippen MR) is 104 cm³/mol. The lowest BCUT2D eigenvalue weighted by molar-refractivity contribution is 0.0742. The predicted octanol–water partition coefficient (Wildman–Crippen LogP) is 3.45. The quantitative estimate of drug-likeness (QED) is 0.788.